The lowest BCUT2D eigenvalue weighted by Gasteiger charge is -2.29. The molecule has 1 aliphatic heterocycles. The molecule has 1 atom stereocenters. The number of amides is 2. The zero-order valence-electron chi connectivity index (χ0n) is 15.6. The van der Waals surface area contributed by atoms with Crippen LogP contribution in [0, 0.1) is 5.82 Å². The second kappa shape index (κ2) is 9.01. The third kappa shape index (κ3) is 4.60. The van der Waals surface area contributed by atoms with Crippen molar-refractivity contribution in [3.05, 3.63) is 82.8 Å². The van der Waals surface area contributed by atoms with Crippen LogP contribution in [0.5, 0.6) is 0 Å². The summed E-state index contributed by atoms with van der Waals surface area (Å²) in [6.07, 6.45) is 0. The van der Waals surface area contributed by atoms with E-state index in [1.165, 1.54) is 18.2 Å². The molecular weight excluding hydrogens is 379 g/mol. The predicted octanol–water partition coefficient (Wildman–Crippen LogP) is 2.85. The lowest BCUT2D eigenvalue weighted by Crippen LogP contribution is -2.47. The minimum Gasteiger partial charge on any atom is -0.463 e. The Morgan fingerprint density at radius 3 is 2.38 bits per heavy atom. The highest BCUT2D eigenvalue weighted by Crippen LogP contribution is 2.28. The molecule has 0 saturated carbocycles. The van der Waals surface area contributed by atoms with Gasteiger partial charge in [0.2, 0.25) is 0 Å². The summed E-state index contributed by atoms with van der Waals surface area (Å²) in [4.78, 5) is 37.0. The number of carbonyl (C=O) groups is 3. The van der Waals surface area contributed by atoms with Crippen LogP contribution in [-0.2, 0) is 14.3 Å². The van der Waals surface area contributed by atoms with Gasteiger partial charge in [-0.15, -0.1) is 0 Å². The van der Waals surface area contributed by atoms with Gasteiger partial charge in [-0.3, -0.25) is 0 Å². The number of nitrogens with one attached hydrogen (secondary N) is 2. The Balaban J connectivity index is 1.92. The van der Waals surface area contributed by atoms with E-state index in [-0.39, 0.29) is 23.4 Å². The minimum atomic E-state index is -0.914. The fourth-order valence-corrected chi connectivity index (χ4v) is 2.92. The van der Waals surface area contributed by atoms with Gasteiger partial charge in [-0.2, -0.15) is 0 Å². The Labute approximate surface area is 166 Å². The van der Waals surface area contributed by atoms with Crippen LogP contribution in [0.15, 0.2) is 65.9 Å². The van der Waals surface area contributed by atoms with Gasteiger partial charge in [-0.05, 0) is 24.6 Å². The van der Waals surface area contributed by atoms with E-state index in [1.54, 1.807) is 37.3 Å². The molecule has 1 unspecified atom stereocenters. The molecule has 0 saturated heterocycles. The number of carbonyl (C=O) groups excluding carboxylic acids is 3. The molecule has 150 valence electrons. The molecule has 0 spiro atoms. The van der Waals surface area contributed by atoms with Gasteiger partial charge in [-0.1, -0.05) is 42.5 Å². The van der Waals surface area contributed by atoms with E-state index in [2.05, 4.69) is 10.6 Å². The standard InChI is InChI=1S/C21H19FN2O5/c1-2-28-20(26)17-16(12-29-19(25)14-10-6-7-11-15(14)22)23-21(27)24-18(17)13-8-4-3-5-9-13/h3-11,18H,2,12H2,1H3,(H2,23,24,27). The first-order valence-electron chi connectivity index (χ1n) is 8.95. The highest BCUT2D eigenvalue weighted by molar-refractivity contribution is 5.95. The third-order valence-electron chi connectivity index (χ3n) is 4.22. The summed E-state index contributed by atoms with van der Waals surface area (Å²) in [6.45, 7) is 1.35. The summed E-state index contributed by atoms with van der Waals surface area (Å²) in [5.41, 5.74) is 0.596. The first kappa shape index (κ1) is 20.1. The molecule has 29 heavy (non-hydrogen) atoms. The van der Waals surface area contributed by atoms with Crippen LogP contribution >= 0.6 is 0 Å². The monoisotopic (exact) mass is 398 g/mol. The topological polar surface area (TPSA) is 93.7 Å². The Kier molecular flexibility index (Phi) is 6.23. The molecule has 0 fully saturated rings. The van der Waals surface area contributed by atoms with Crippen molar-refractivity contribution < 1.29 is 28.2 Å². The molecule has 8 heteroatoms. The maximum absolute atomic E-state index is 13.8. The summed E-state index contributed by atoms with van der Waals surface area (Å²) in [5.74, 6) is -2.30. The van der Waals surface area contributed by atoms with Crippen LogP contribution in [0.25, 0.3) is 0 Å². The summed E-state index contributed by atoms with van der Waals surface area (Å²) in [7, 11) is 0. The van der Waals surface area contributed by atoms with Gasteiger partial charge < -0.3 is 20.1 Å². The first-order valence-corrected chi connectivity index (χ1v) is 8.95. The summed E-state index contributed by atoms with van der Waals surface area (Å²) in [6, 6.07) is 12.9. The molecule has 1 heterocycles. The van der Waals surface area contributed by atoms with Crippen molar-refractivity contribution in [1.29, 1.82) is 0 Å². The number of benzene rings is 2. The molecule has 1 aliphatic rings. The van der Waals surface area contributed by atoms with E-state index in [0.717, 1.165) is 6.07 Å². The summed E-state index contributed by atoms with van der Waals surface area (Å²) < 4.78 is 24.1. The Hall–Kier alpha value is -3.68. The van der Waals surface area contributed by atoms with Gasteiger partial charge in [0.25, 0.3) is 0 Å². The number of rotatable bonds is 6. The third-order valence-corrected chi connectivity index (χ3v) is 4.22. The quantitative estimate of drug-likeness (QED) is 0.730. The smallest absolute Gasteiger partial charge is 0.341 e. The van der Waals surface area contributed by atoms with Crippen molar-refractivity contribution in [3.8, 4) is 0 Å². The van der Waals surface area contributed by atoms with Gasteiger partial charge in [0.1, 0.15) is 12.4 Å². The molecule has 2 aromatic rings. The van der Waals surface area contributed by atoms with E-state index >= 15 is 0 Å². The van der Waals surface area contributed by atoms with Crippen LogP contribution in [0.4, 0.5) is 9.18 Å². The average molecular weight is 398 g/mol. The van der Waals surface area contributed by atoms with Gasteiger partial charge in [0.15, 0.2) is 0 Å². The summed E-state index contributed by atoms with van der Waals surface area (Å²) in [5, 5.41) is 5.16. The fraction of sp³-hybridized carbons (Fsp3) is 0.190. The molecule has 0 radical (unpaired) electrons. The normalized spacial score (nSPS) is 15.9. The Bertz CT molecular complexity index is 959. The zero-order chi connectivity index (χ0) is 20.8. The Morgan fingerprint density at radius 1 is 1.00 bits per heavy atom. The lowest BCUT2D eigenvalue weighted by molar-refractivity contribution is -0.139. The van der Waals surface area contributed by atoms with Crippen molar-refractivity contribution in [2.45, 2.75) is 13.0 Å². The van der Waals surface area contributed by atoms with E-state index < -0.39 is 36.4 Å². The fourth-order valence-electron chi connectivity index (χ4n) is 2.92. The first-order chi connectivity index (χ1) is 14.0. The van der Waals surface area contributed by atoms with E-state index in [1.807, 2.05) is 0 Å². The molecule has 0 aliphatic carbocycles. The zero-order valence-corrected chi connectivity index (χ0v) is 15.6. The molecule has 7 nitrogen and oxygen atoms in total. The van der Waals surface area contributed by atoms with Gasteiger partial charge in [-0.25, -0.2) is 18.8 Å². The van der Waals surface area contributed by atoms with Crippen LogP contribution in [0.1, 0.15) is 28.9 Å². The number of halogens is 1. The molecule has 0 aromatic heterocycles. The maximum Gasteiger partial charge on any atom is 0.341 e. The van der Waals surface area contributed by atoms with Crippen molar-refractivity contribution in [1.82, 2.24) is 10.6 Å². The molecule has 3 rings (SSSR count). The van der Waals surface area contributed by atoms with E-state index in [9.17, 15) is 18.8 Å². The largest absolute Gasteiger partial charge is 0.463 e. The molecule has 0 bridgehead atoms. The lowest BCUT2D eigenvalue weighted by atomic mass is 9.95. The number of urea groups is 1. The van der Waals surface area contributed by atoms with Crippen LogP contribution in [-0.4, -0.2) is 31.2 Å². The van der Waals surface area contributed by atoms with Gasteiger partial charge in [0.05, 0.1) is 29.5 Å². The van der Waals surface area contributed by atoms with Gasteiger partial charge in [0, 0.05) is 0 Å². The van der Waals surface area contributed by atoms with Crippen LogP contribution < -0.4 is 10.6 Å². The number of esters is 2. The van der Waals surface area contributed by atoms with Crippen molar-refractivity contribution in [2.75, 3.05) is 13.2 Å². The average Bonchev–Trinajstić information content (AvgIpc) is 2.72. The highest BCUT2D eigenvalue weighted by atomic mass is 19.1. The van der Waals surface area contributed by atoms with E-state index in [4.69, 9.17) is 9.47 Å². The number of hydrogen-bond acceptors (Lipinski definition) is 5. The molecule has 2 N–H and O–H groups in total. The van der Waals surface area contributed by atoms with Crippen molar-refractivity contribution >= 4 is 18.0 Å². The van der Waals surface area contributed by atoms with E-state index in [0.29, 0.717) is 5.56 Å². The highest BCUT2D eigenvalue weighted by Gasteiger charge is 2.34. The van der Waals surface area contributed by atoms with Crippen molar-refractivity contribution in [3.63, 3.8) is 0 Å². The molecular formula is C21H19FN2O5. The Morgan fingerprint density at radius 2 is 1.69 bits per heavy atom. The number of ether oxygens (including phenoxy) is 2. The SMILES string of the molecule is CCOC(=O)C1=C(COC(=O)c2ccccc2F)NC(=O)NC1c1ccccc1. The molecule has 2 amide bonds. The minimum absolute atomic E-state index is 0.0748. The van der Waals surface area contributed by atoms with Crippen LogP contribution in [0.2, 0.25) is 0 Å². The maximum atomic E-state index is 13.8. The second-order valence-corrected chi connectivity index (χ2v) is 6.11. The predicted molar refractivity (Wildman–Crippen MR) is 101 cm³/mol. The molecule has 2 aromatic carbocycles. The van der Waals surface area contributed by atoms with Crippen LogP contribution in [0.3, 0.4) is 0 Å². The number of hydrogen-bond donors (Lipinski definition) is 2. The van der Waals surface area contributed by atoms with Gasteiger partial charge >= 0.3 is 18.0 Å². The summed E-state index contributed by atoms with van der Waals surface area (Å²) >= 11 is 0. The second-order valence-electron chi connectivity index (χ2n) is 6.11. The van der Waals surface area contributed by atoms with Crippen molar-refractivity contribution in [2.24, 2.45) is 0 Å².